The van der Waals surface area contributed by atoms with E-state index < -0.39 is 34.4 Å². The van der Waals surface area contributed by atoms with Crippen LogP contribution in [0.15, 0.2) is 109 Å². The zero-order valence-electron chi connectivity index (χ0n) is 48.1. The van der Waals surface area contributed by atoms with Gasteiger partial charge in [-0.2, -0.15) is 0 Å². The fourth-order valence-electron chi connectivity index (χ4n) is 10.1. The van der Waals surface area contributed by atoms with Gasteiger partial charge in [-0.15, -0.1) is 0 Å². The van der Waals surface area contributed by atoms with E-state index in [1.54, 1.807) is 18.2 Å². The van der Waals surface area contributed by atoms with Crippen LogP contribution in [0.25, 0.3) is 22.3 Å². The Kier molecular flexibility index (Phi) is 20.2. The minimum absolute atomic E-state index is 0.0505. The van der Waals surface area contributed by atoms with Gasteiger partial charge >= 0.3 is 11.9 Å². The molecule has 6 aromatic carbocycles. The molecule has 0 saturated heterocycles. The van der Waals surface area contributed by atoms with Crippen LogP contribution in [0.3, 0.4) is 0 Å². The molecule has 0 amide bonds. The van der Waals surface area contributed by atoms with Gasteiger partial charge in [0.2, 0.25) is 0 Å². The number of rotatable bonds is 20. The molecule has 0 aliphatic carbocycles. The zero-order chi connectivity index (χ0) is 57.2. The predicted molar refractivity (Wildman–Crippen MR) is 305 cm³/mol. The number of ether oxygens (including phenoxy) is 3. The van der Waals surface area contributed by atoms with E-state index >= 15 is 0 Å². The Bertz CT molecular complexity index is 3090. The summed E-state index contributed by atoms with van der Waals surface area (Å²) in [5.74, 6) is -0.882. The van der Waals surface area contributed by atoms with Crippen LogP contribution in [-0.4, -0.2) is 48.9 Å². The standard InChI is InChI=1S/C34H41FO4.C33H39FO4/c1-9-34(10-2,27-14-16-30(23(4)18-27)39-21-31(36)33(5,6)7)26-13-15-28(22(3)17-26)24-11-12-25(29(35)19-24)20-32(37)38-8;1-8-33(9-2,26-13-15-29(22(4)17-26)38-20-30(35)32(5,6)7)25-12-14-27(21(3)16-25)23-10-11-24(19-31(36)37)28(34)18-23/h11-19H,9-10,20-21H2,1-8H3;10-18H,8-9,19-20H2,1-7H3,(H,36,37). The second-order valence-electron chi connectivity index (χ2n) is 22.5. The Morgan fingerprint density at radius 1 is 0.468 bits per heavy atom. The van der Waals surface area contributed by atoms with E-state index in [2.05, 4.69) is 87.0 Å². The molecule has 10 heteroatoms. The molecule has 0 heterocycles. The van der Waals surface area contributed by atoms with Crippen LogP contribution in [-0.2, 0) is 47.6 Å². The number of carbonyl (C=O) groups excluding carboxylic acids is 3. The number of carboxylic acids is 1. The van der Waals surface area contributed by atoms with Crippen molar-refractivity contribution in [2.24, 2.45) is 10.8 Å². The Labute approximate surface area is 456 Å². The highest BCUT2D eigenvalue weighted by Gasteiger charge is 2.34. The molecule has 77 heavy (non-hydrogen) atoms. The maximum atomic E-state index is 14.8. The van der Waals surface area contributed by atoms with Gasteiger partial charge in [-0.1, -0.05) is 154 Å². The van der Waals surface area contributed by atoms with Crippen LogP contribution < -0.4 is 9.47 Å². The summed E-state index contributed by atoms with van der Waals surface area (Å²) in [4.78, 5) is 47.2. The summed E-state index contributed by atoms with van der Waals surface area (Å²) in [5.41, 5.74) is 11.4. The number of hydrogen-bond donors (Lipinski definition) is 1. The van der Waals surface area contributed by atoms with Crippen LogP contribution in [0.5, 0.6) is 11.5 Å². The molecule has 0 saturated carbocycles. The summed E-state index contributed by atoms with van der Waals surface area (Å²) < 4.78 is 45.7. The minimum Gasteiger partial charge on any atom is -0.486 e. The summed E-state index contributed by atoms with van der Waals surface area (Å²) in [6.45, 7) is 28.3. The van der Waals surface area contributed by atoms with Crippen molar-refractivity contribution < 1.29 is 47.3 Å². The van der Waals surface area contributed by atoms with E-state index in [0.717, 1.165) is 75.9 Å². The second-order valence-corrected chi connectivity index (χ2v) is 22.5. The molecule has 0 aromatic heterocycles. The molecule has 0 radical (unpaired) electrons. The molecule has 6 rings (SSSR count). The normalized spacial score (nSPS) is 11.9. The first-order chi connectivity index (χ1) is 36.2. The lowest BCUT2D eigenvalue weighted by Gasteiger charge is -2.34. The molecule has 0 spiro atoms. The quantitative estimate of drug-likeness (QED) is 0.0752. The van der Waals surface area contributed by atoms with Gasteiger partial charge < -0.3 is 19.3 Å². The monoisotopic (exact) mass is 1050 g/mol. The topological polar surface area (TPSA) is 116 Å². The van der Waals surface area contributed by atoms with Gasteiger partial charge in [0.1, 0.15) is 36.3 Å². The first-order valence-electron chi connectivity index (χ1n) is 26.8. The van der Waals surface area contributed by atoms with Gasteiger partial charge in [-0.3, -0.25) is 19.2 Å². The average molecular weight is 1050 g/mol. The van der Waals surface area contributed by atoms with Crippen LogP contribution >= 0.6 is 0 Å². The van der Waals surface area contributed by atoms with Crippen molar-refractivity contribution in [1.29, 1.82) is 0 Å². The number of benzene rings is 6. The number of esters is 1. The van der Waals surface area contributed by atoms with E-state index in [1.165, 1.54) is 41.5 Å². The van der Waals surface area contributed by atoms with Gasteiger partial charge in [0, 0.05) is 21.7 Å². The molecular formula is C67H80F2O8. The van der Waals surface area contributed by atoms with Gasteiger partial charge in [-0.05, 0) is 156 Å². The average Bonchev–Trinajstić information content (AvgIpc) is 3.38. The Morgan fingerprint density at radius 2 is 0.805 bits per heavy atom. The van der Waals surface area contributed by atoms with Crippen LogP contribution in [0.1, 0.15) is 151 Å². The smallest absolute Gasteiger partial charge is 0.310 e. The van der Waals surface area contributed by atoms with Gasteiger partial charge in [0.15, 0.2) is 11.6 Å². The number of carboxylic acid groups (broad SMARTS) is 1. The van der Waals surface area contributed by atoms with Crippen LogP contribution in [0.2, 0.25) is 0 Å². The Balaban J connectivity index is 0.000000284. The third-order valence-electron chi connectivity index (χ3n) is 15.5. The van der Waals surface area contributed by atoms with Crippen molar-refractivity contribution in [3.8, 4) is 33.8 Å². The van der Waals surface area contributed by atoms with Crippen molar-refractivity contribution >= 4 is 23.5 Å². The SMILES string of the molecule is CCC(CC)(c1ccc(OCC(=O)C(C)(C)C)c(C)c1)c1ccc(-c2ccc(CC(=O)O)c(F)c2)c(C)c1.CCC(CC)(c1ccc(OCC(=O)C(C)(C)C)c(C)c1)c1ccc(-c2ccc(CC(=O)OC)c(F)c2)c(C)c1. The van der Waals surface area contributed by atoms with Crippen molar-refractivity contribution in [3.63, 3.8) is 0 Å². The minimum atomic E-state index is -1.05. The van der Waals surface area contributed by atoms with E-state index in [4.69, 9.17) is 14.6 Å². The fraction of sp³-hybridized carbons (Fsp3) is 0.403. The predicted octanol–water partition coefficient (Wildman–Crippen LogP) is 15.8. The molecule has 0 unspecified atom stereocenters. The number of Topliss-reactive ketones (excluding diaryl/α,β-unsaturated/α-hetero) is 2. The largest absolute Gasteiger partial charge is 0.486 e. The van der Waals surface area contributed by atoms with Crippen molar-refractivity contribution in [2.45, 2.75) is 146 Å². The van der Waals surface area contributed by atoms with E-state index in [1.807, 2.05) is 93.5 Å². The third-order valence-corrected chi connectivity index (χ3v) is 15.5. The number of aliphatic carboxylic acids is 1. The Hall–Kier alpha value is -6.94. The van der Waals surface area contributed by atoms with Crippen molar-refractivity contribution in [3.05, 3.63) is 176 Å². The summed E-state index contributed by atoms with van der Waals surface area (Å²) in [7, 11) is 1.30. The number of hydrogen-bond acceptors (Lipinski definition) is 7. The molecule has 8 nitrogen and oxygen atoms in total. The molecule has 0 bridgehead atoms. The molecular weight excluding hydrogens is 971 g/mol. The van der Waals surface area contributed by atoms with Gasteiger partial charge in [0.05, 0.1) is 20.0 Å². The lowest BCUT2D eigenvalue weighted by atomic mass is 9.69. The van der Waals surface area contributed by atoms with E-state index in [9.17, 15) is 28.0 Å². The lowest BCUT2D eigenvalue weighted by molar-refractivity contribution is -0.140. The number of methoxy groups -OCH3 is 1. The summed E-state index contributed by atoms with van der Waals surface area (Å²) in [6.07, 6.45) is 3.16. The van der Waals surface area contributed by atoms with E-state index in [0.29, 0.717) is 11.3 Å². The summed E-state index contributed by atoms with van der Waals surface area (Å²) in [5, 5.41) is 8.99. The van der Waals surface area contributed by atoms with E-state index in [-0.39, 0.29) is 54.0 Å². The summed E-state index contributed by atoms with van der Waals surface area (Å²) >= 11 is 0. The van der Waals surface area contributed by atoms with Gasteiger partial charge in [-0.25, -0.2) is 8.78 Å². The number of halogens is 2. The fourth-order valence-corrected chi connectivity index (χ4v) is 10.1. The molecule has 1 N–H and O–H groups in total. The number of carbonyl (C=O) groups is 4. The second kappa shape index (κ2) is 25.5. The maximum Gasteiger partial charge on any atom is 0.310 e. The highest BCUT2D eigenvalue weighted by Crippen LogP contribution is 2.44. The first-order valence-corrected chi connectivity index (χ1v) is 26.8. The molecule has 410 valence electrons. The highest BCUT2D eigenvalue weighted by atomic mass is 19.1. The third kappa shape index (κ3) is 14.4. The first kappa shape index (κ1) is 60.9. The van der Waals surface area contributed by atoms with Gasteiger partial charge in [0.25, 0.3) is 0 Å². The number of aryl methyl sites for hydroxylation is 4. The van der Waals surface area contributed by atoms with Crippen molar-refractivity contribution in [2.75, 3.05) is 20.3 Å². The zero-order valence-corrected chi connectivity index (χ0v) is 48.1. The Morgan fingerprint density at radius 3 is 1.09 bits per heavy atom. The molecule has 0 fully saturated rings. The molecule has 0 atom stereocenters. The van der Waals surface area contributed by atoms with Crippen LogP contribution in [0, 0.1) is 50.2 Å². The molecule has 0 aliphatic heterocycles. The summed E-state index contributed by atoms with van der Waals surface area (Å²) in [6, 6.07) is 34.9. The van der Waals surface area contributed by atoms with Crippen LogP contribution in [0.4, 0.5) is 8.78 Å². The lowest BCUT2D eigenvalue weighted by Crippen LogP contribution is -2.27. The highest BCUT2D eigenvalue weighted by molar-refractivity contribution is 5.85. The number of ketones is 2. The van der Waals surface area contributed by atoms with Crippen molar-refractivity contribution in [1.82, 2.24) is 0 Å². The molecule has 6 aromatic rings. The molecule has 0 aliphatic rings. The maximum absolute atomic E-state index is 14.8.